The van der Waals surface area contributed by atoms with Crippen LogP contribution in [0.4, 0.5) is 5.13 Å². The van der Waals surface area contributed by atoms with E-state index in [1.54, 1.807) is 30.3 Å². The van der Waals surface area contributed by atoms with Gasteiger partial charge in [0.05, 0.1) is 15.1 Å². The van der Waals surface area contributed by atoms with E-state index in [9.17, 15) is 8.42 Å². The third kappa shape index (κ3) is 2.98. The lowest BCUT2D eigenvalue weighted by molar-refractivity contribution is 0.601. The Bertz CT molecular complexity index is 900. The first-order valence-corrected chi connectivity index (χ1v) is 9.24. The van der Waals surface area contributed by atoms with Gasteiger partial charge in [-0.2, -0.15) is 0 Å². The van der Waals surface area contributed by atoms with E-state index in [0.29, 0.717) is 11.0 Å². The van der Waals surface area contributed by atoms with Gasteiger partial charge in [0, 0.05) is 0 Å². The molecule has 22 heavy (non-hydrogen) atoms. The smallest absolute Gasteiger partial charge is 0.255 e. The number of hydrogen-bond acceptors (Lipinski definition) is 4. The van der Waals surface area contributed by atoms with E-state index in [4.69, 9.17) is 0 Å². The number of anilines is 1. The van der Waals surface area contributed by atoms with Crippen molar-refractivity contribution < 1.29 is 8.42 Å². The van der Waals surface area contributed by atoms with E-state index in [1.165, 1.54) is 16.9 Å². The van der Waals surface area contributed by atoms with Gasteiger partial charge in [0.15, 0.2) is 5.13 Å². The summed E-state index contributed by atoms with van der Waals surface area (Å²) >= 11 is 1.35. The highest BCUT2D eigenvalue weighted by molar-refractivity contribution is 7.93. The zero-order valence-electron chi connectivity index (χ0n) is 12.3. The van der Waals surface area contributed by atoms with E-state index in [2.05, 4.69) is 29.6 Å². The molecule has 2 aromatic carbocycles. The van der Waals surface area contributed by atoms with Crippen LogP contribution < -0.4 is 4.72 Å². The molecule has 0 spiro atoms. The Labute approximate surface area is 133 Å². The number of nitrogens with zero attached hydrogens (tertiary/aromatic N) is 1. The van der Waals surface area contributed by atoms with Gasteiger partial charge in [-0.05, 0) is 35.7 Å². The molecule has 0 radical (unpaired) electrons. The summed E-state index contributed by atoms with van der Waals surface area (Å²) in [4.78, 5) is 4.59. The average Bonchev–Trinajstić information content (AvgIpc) is 2.88. The summed E-state index contributed by atoms with van der Waals surface area (Å²) in [6.45, 7) is 4.25. The largest absolute Gasteiger partial charge is 0.263 e. The monoisotopic (exact) mass is 332 g/mol. The van der Waals surface area contributed by atoms with Gasteiger partial charge in [0.2, 0.25) is 0 Å². The van der Waals surface area contributed by atoms with Gasteiger partial charge in [0.1, 0.15) is 0 Å². The molecule has 0 amide bonds. The molecule has 1 aromatic heterocycles. The summed E-state index contributed by atoms with van der Waals surface area (Å²) in [6.07, 6.45) is 0. The topological polar surface area (TPSA) is 59.1 Å². The predicted molar refractivity (Wildman–Crippen MR) is 91.0 cm³/mol. The molecular weight excluding hydrogens is 316 g/mol. The number of thiazole rings is 1. The van der Waals surface area contributed by atoms with Gasteiger partial charge in [-0.25, -0.2) is 13.4 Å². The minimum Gasteiger partial charge on any atom is -0.255 e. The van der Waals surface area contributed by atoms with Crippen LogP contribution in [0, 0.1) is 0 Å². The van der Waals surface area contributed by atoms with Crippen molar-refractivity contribution in [2.75, 3.05) is 4.72 Å². The van der Waals surface area contributed by atoms with Crippen molar-refractivity contribution in [1.29, 1.82) is 0 Å². The van der Waals surface area contributed by atoms with Crippen LogP contribution in [0.5, 0.6) is 0 Å². The Morgan fingerprint density at radius 3 is 2.50 bits per heavy atom. The highest BCUT2D eigenvalue weighted by Crippen LogP contribution is 2.30. The summed E-state index contributed by atoms with van der Waals surface area (Å²) in [5.41, 5.74) is 2.02. The van der Waals surface area contributed by atoms with Crippen molar-refractivity contribution in [2.24, 2.45) is 0 Å². The summed E-state index contributed by atoms with van der Waals surface area (Å²) in [7, 11) is -3.59. The quantitative estimate of drug-likeness (QED) is 0.778. The van der Waals surface area contributed by atoms with Crippen molar-refractivity contribution in [3.05, 3.63) is 54.1 Å². The maximum absolute atomic E-state index is 12.3. The Morgan fingerprint density at radius 2 is 1.82 bits per heavy atom. The van der Waals surface area contributed by atoms with Crippen LogP contribution in [0.2, 0.25) is 0 Å². The van der Waals surface area contributed by atoms with E-state index in [-0.39, 0.29) is 4.90 Å². The minimum absolute atomic E-state index is 0.233. The Morgan fingerprint density at radius 1 is 1.09 bits per heavy atom. The molecule has 0 atom stereocenters. The second-order valence-electron chi connectivity index (χ2n) is 5.32. The zero-order valence-corrected chi connectivity index (χ0v) is 13.9. The van der Waals surface area contributed by atoms with Crippen LogP contribution in [0.3, 0.4) is 0 Å². The standard InChI is InChI=1S/C16H16N2O2S2/c1-11(2)12-8-9-14-15(10-12)21-16(17-14)18-22(19,20)13-6-4-3-5-7-13/h3-11H,1-2H3,(H,17,18). The van der Waals surface area contributed by atoms with E-state index >= 15 is 0 Å². The molecule has 114 valence electrons. The molecule has 0 bridgehead atoms. The second-order valence-corrected chi connectivity index (χ2v) is 8.03. The number of hydrogen-bond donors (Lipinski definition) is 1. The number of benzene rings is 2. The van der Waals surface area contributed by atoms with Crippen LogP contribution in [-0.2, 0) is 10.0 Å². The van der Waals surface area contributed by atoms with Crippen LogP contribution >= 0.6 is 11.3 Å². The summed E-state index contributed by atoms with van der Waals surface area (Å²) in [6, 6.07) is 14.3. The molecule has 0 saturated heterocycles. The summed E-state index contributed by atoms with van der Waals surface area (Å²) in [5.74, 6) is 0.427. The maximum atomic E-state index is 12.3. The number of rotatable bonds is 4. The second kappa shape index (κ2) is 5.70. The van der Waals surface area contributed by atoms with Crippen molar-refractivity contribution in [2.45, 2.75) is 24.7 Å². The number of aromatic nitrogens is 1. The highest BCUT2D eigenvalue weighted by atomic mass is 32.2. The van der Waals surface area contributed by atoms with Gasteiger partial charge < -0.3 is 0 Å². The lowest BCUT2D eigenvalue weighted by Gasteiger charge is -2.03. The van der Waals surface area contributed by atoms with E-state index < -0.39 is 10.0 Å². The molecule has 1 heterocycles. The molecule has 6 heteroatoms. The van der Waals surface area contributed by atoms with Crippen LogP contribution in [0.1, 0.15) is 25.3 Å². The summed E-state index contributed by atoms with van der Waals surface area (Å²) in [5, 5.41) is 0.389. The Hall–Kier alpha value is -1.92. The first kappa shape index (κ1) is 15.0. The normalized spacial score (nSPS) is 12.0. The van der Waals surface area contributed by atoms with Crippen LogP contribution in [0.25, 0.3) is 10.2 Å². The van der Waals surface area contributed by atoms with Gasteiger partial charge in [-0.15, -0.1) is 0 Å². The molecule has 1 N–H and O–H groups in total. The molecule has 0 aliphatic rings. The van der Waals surface area contributed by atoms with Crippen molar-refractivity contribution in [3.8, 4) is 0 Å². The van der Waals surface area contributed by atoms with Gasteiger partial charge in [-0.1, -0.05) is 49.4 Å². The van der Waals surface area contributed by atoms with Gasteiger partial charge >= 0.3 is 0 Å². The number of nitrogens with one attached hydrogen (secondary N) is 1. The molecule has 0 unspecified atom stereocenters. The maximum Gasteiger partial charge on any atom is 0.263 e. The molecule has 4 nitrogen and oxygen atoms in total. The lowest BCUT2D eigenvalue weighted by atomic mass is 10.0. The van der Waals surface area contributed by atoms with E-state index in [1.807, 2.05) is 12.1 Å². The van der Waals surface area contributed by atoms with Crippen LogP contribution in [-0.4, -0.2) is 13.4 Å². The predicted octanol–water partition coefficient (Wildman–Crippen LogP) is 4.22. The molecular formula is C16H16N2O2S2. The molecule has 0 fully saturated rings. The highest BCUT2D eigenvalue weighted by Gasteiger charge is 2.16. The minimum atomic E-state index is -3.59. The first-order chi connectivity index (χ1) is 10.5. The fraction of sp³-hybridized carbons (Fsp3) is 0.188. The molecule has 0 saturated carbocycles. The first-order valence-electron chi connectivity index (χ1n) is 6.94. The number of fused-ring (bicyclic) bond motifs is 1. The van der Waals surface area contributed by atoms with Gasteiger partial charge in [-0.3, -0.25) is 4.72 Å². The molecule has 0 aliphatic heterocycles. The fourth-order valence-electron chi connectivity index (χ4n) is 2.12. The SMILES string of the molecule is CC(C)c1ccc2nc(NS(=O)(=O)c3ccccc3)sc2c1. The van der Waals surface area contributed by atoms with Gasteiger partial charge in [0.25, 0.3) is 10.0 Å². The third-order valence-corrected chi connectivity index (χ3v) is 5.77. The van der Waals surface area contributed by atoms with Crippen molar-refractivity contribution >= 4 is 36.7 Å². The molecule has 3 rings (SSSR count). The van der Waals surface area contributed by atoms with Crippen molar-refractivity contribution in [3.63, 3.8) is 0 Å². The Balaban J connectivity index is 1.94. The lowest BCUT2D eigenvalue weighted by Crippen LogP contribution is -2.12. The van der Waals surface area contributed by atoms with Crippen molar-refractivity contribution in [1.82, 2.24) is 4.98 Å². The fourth-order valence-corrected chi connectivity index (χ4v) is 4.29. The Kier molecular flexibility index (Phi) is 3.88. The molecule has 3 aromatic rings. The van der Waals surface area contributed by atoms with E-state index in [0.717, 1.165) is 10.2 Å². The van der Waals surface area contributed by atoms with Crippen LogP contribution in [0.15, 0.2) is 53.4 Å². The average molecular weight is 332 g/mol. The summed E-state index contributed by atoms with van der Waals surface area (Å²) < 4.78 is 28.2. The number of sulfonamides is 1. The molecule has 0 aliphatic carbocycles. The third-order valence-electron chi connectivity index (χ3n) is 3.35. The zero-order chi connectivity index (χ0) is 15.7.